The number of carbonyl (C=O) groups is 3. The number of anilines is 1. The molecular formula is C35H48N6O4. The van der Waals surface area contributed by atoms with E-state index >= 15 is 0 Å². The van der Waals surface area contributed by atoms with Crippen molar-refractivity contribution in [3.05, 3.63) is 65.2 Å². The van der Waals surface area contributed by atoms with Gasteiger partial charge < -0.3 is 29.8 Å². The van der Waals surface area contributed by atoms with Gasteiger partial charge in [-0.05, 0) is 44.9 Å². The van der Waals surface area contributed by atoms with Crippen LogP contribution in [0.15, 0.2) is 48.5 Å². The highest BCUT2D eigenvalue weighted by atomic mass is 16.4. The van der Waals surface area contributed by atoms with Crippen molar-refractivity contribution in [2.75, 3.05) is 64.7 Å². The van der Waals surface area contributed by atoms with Gasteiger partial charge in [0.25, 0.3) is 6.09 Å². The van der Waals surface area contributed by atoms with Gasteiger partial charge in [-0.2, -0.15) is 0 Å². The van der Waals surface area contributed by atoms with Crippen molar-refractivity contribution < 1.29 is 24.0 Å². The molecule has 3 saturated heterocycles. The predicted octanol–water partition coefficient (Wildman–Crippen LogP) is 2.90. The topological polar surface area (TPSA) is 99.3 Å². The standard InChI is InChI=1S/C35H48N6O4/c1-27-6-5-7-28(24-27)26-41(34(44)45)22-13-31(40-17-10-29-8-3-4-9-32(29)36-33(40)43)25-35(41,14-23-42)39-15-11-30(12-16-39)38-20-18-37(2)19-21-38/h3-9,23-24,30-31H,10-22,25-26H2,1-2H3,(H-,36,43,44,45)/t31?,35?,41-/m0/s1. The third-order valence-corrected chi connectivity index (χ3v) is 11.2. The molecule has 2 aromatic rings. The van der Waals surface area contributed by atoms with Crippen molar-refractivity contribution in [2.45, 2.75) is 69.7 Å². The van der Waals surface area contributed by atoms with Gasteiger partial charge in [-0.3, -0.25) is 14.3 Å². The number of nitrogens with one attached hydrogen (secondary N) is 1. The predicted molar refractivity (Wildman–Crippen MR) is 171 cm³/mol. The molecule has 3 atom stereocenters. The lowest BCUT2D eigenvalue weighted by Crippen LogP contribution is -2.80. The molecule has 0 radical (unpaired) electrons. The number of aldehydes is 1. The molecule has 4 aliphatic heterocycles. The number of aryl methyl sites for hydroxylation is 1. The molecule has 3 fully saturated rings. The van der Waals surface area contributed by atoms with Crippen LogP contribution >= 0.6 is 0 Å². The zero-order chi connectivity index (χ0) is 31.6. The number of fused-ring (bicyclic) bond motifs is 1. The Balaban J connectivity index is 1.34. The second-order valence-electron chi connectivity index (χ2n) is 13.7. The number of piperazine rings is 1. The molecule has 0 bridgehead atoms. The summed E-state index contributed by atoms with van der Waals surface area (Å²) in [5, 5.41) is 16.7. The van der Waals surface area contributed by atoms with E-state index in [4.69, 9.17) is 0 Å². The Morgan fingerprint density at radius 1 is 1.00 bits per heavy atom. The van der Waals surface area contributed by atoms with Crippen LogP contribution in [-0.4, -0.2) is 120 Å². The van der Waals surface area contributed by atoms with Gasteiger partial charge in [0.2, 0.25) is 0 Å². The number of urea groups is 1. The molecule has 0 aliphatic carbocycles. The highest BCUT2D eigenvalue weighted by Crippen LogP contribution is 2.45. The van der Waals surface area contributed by atoms with Gasteiger partial charge in [0.1, 0.15) is 12.8 Å². The molecular weight excluding hydrogens is 568 g/mol. The molecule has 242 valence electrons. The first-order chi connectivity index (χ1) is 21.7. The highest BCUT2D eigenvalue weighted by molar-refractivity contribution is 5.91. The minimum absolute atomic E-state index is 0.0676. The minimum Gasteiger partial charge on any atom is -0.498 e. The molecule has 2 aromatic carbocycles. The number of hydrogen-bond acceptors (Lipinski definition) is 7. The van der Waals surface area contributed by atoms with Gasteiger partial charge in [-0.25, -0.2) is 4.79 Å². The molecule has 0 saturated carbocycles. The summed E-state index contributed by atoms with van der Waals surface area (Å²) in [6.45, 7) is 8.68. The lowest BCUT2D eigenvalue weighted by molar-refractivity contribution is -0.956. The lowest BCUT2D eigenvalue weighted by atomic mass is 9.81. The number of carbonyl (C=O) groups excluding carboxylic acids is 3. The van der Waals surface area contributed by atoms with Gasteiger partial charge in [-0.1, -0.05) is 48.0 Å². The van der Waals surface area contributed by atoms with Crippen LogP contribution in [0.25, 0.3) is 0 Å². The first-order valence-corrected chi connectivity index (χ1v) is 16.7. The van der Waals surface area contributed by atoms with Crippen LogP contribution in [-0.2, 0) is 17.8 Å². The number of likely N-dealkylation sites (tertiary alicyclic amines) is 2. The number of benzene rings is 2. The maximum absolute atomic E-state index is 13.7. The van der Waals surface area contributed by atoms with Gasteiger partial charge in [-0.15, -0.1) is 0 Å². The summed E-state index contributed by atoms with van der Waals surface area (Å²) in [7, 11) is 2.16. The van der Waals surface area contributed by atoms with Crippen molar-refractivity contribution in [2.24, 2.45) is 0 Å². The van der Waals surface area contributed by atoms with E-state index in [0.717, 1.165) is 67.7 Å². The molecule has 4 heterocycles. The first-order valence-electron chi connectivity index (χ1n) is 16.7. The Bertz CT molecular complexity index is 1390. The largest absolute Gasteiger partial charge is 0.498 e. The molecule has 10 nitrogen and oxygen atoms in total. The number of amides is 3. The van der Waals surface area contributed by atoms with Crippen LogP contribution in [0.5, 0.6) is 0 Å². The fourth-order valence-corrected chi connectivity index (χ4v) is 8.66. The number of piperidine rings is 2. The second kappa shape index (κ2) is 13.2. The van der Waals surface area contributed by atoms with Crippen molar-refractivity contribution in [3.8, 4) is 0 Å². The molecule has 0 spiro atoms. The fourth-order valence-electron chi connectivity index (χ4n) is 8.66. The maximum Gasteiger partial charge on any atom is 0.322 e. The zero-order valence-electron chi connectivity index (χ0n) is 26.8. The summed E-state index contributed by atoms with van der Waals surface area (Å²) >= 11 is 0. The van der Waals surface area contributed by atoms with Gasteiger partial charge >= 0.3 is 6.03 Å². The lowest BCUT2D eigenvalue weighted by Gasteiger charge is -2.62. The van der Waals surface area contributed by atoms with E-state index in [1.807, 2.05) is 60.4 Å². The van der Waals surface area contributed by atoms with Crippen LogP contribution in [0, 0.1) is 6.92 Å². The maximum atomic E-state index is 13.7. The van der Waals surface area contributed by atoms with Crippen LogP contribution in [0.2, 0.25) is 0 Å². The highest BCUT2D eigenvalue weighted by Gasteiger charge is 2.61. The second-order valence-corrected chi connectivity index (χ2v) is 13.7. The van der Waals surface area contributed by atoms with Crippen LogP contribution in [0.1, 0.15) is 48.8 Å². The van der Waals surface area contributed by atoms with Gasteiger partial charge in [0.15, 0.2) is 5.66 Å². The molecule has 45 heavy (non-hydrogen) atoms. The number of hydrogen-bond donors (Lipinski definition) is 1. The number of quaternary nitrogens is 1. The van der Waals surface area contributed by atoms with E-state index in [-0.39, 0.29) is 36.1 Å². The van der Waals surface area contributed by atoms with Crippen molar-refractivity contribution >= 4 is 24.1 Å². The smallest absolute Gasteiger partial charge is 0.322 e. The Morgan fingerprint density at radius 3 is 2.47 bits per heavy atom. The number of likely N-dealkylation sites (N-methyl/N-ethyl adjacent to an activating group) is 1. The average molecular weight is 617 g/mol. The quantitative estimate of drug-likeness (QED) is 0.377. The number of para-hydroxylation sites is 1. The van der Waals surface area contributed by atoms with E-state index in [0.29, 0.717) is 44.9 Å². The van der Waals surface area contributed by atoms with Crippen LogP contribution in [0.3, 0.4) is 0 Å². The molecule has 3 amide bonds. The number of rotatable bonds is 7. The Morgan fingerprint density at radius 2 is 1.76 bits per heavy atom. The fraction of sp³-hybridized carbons (Fsp3) is 0.571. The summed E-state index contributed by atoms with van der Waals surface area (Å²) in [5.74, 6) is 0. The van der Waals surface area contributed by atoms with E-state index in [1.165, 1.54) is 0 Å². The Hall–Kier alpha value is -3.31. The summed E-state index contributed by atoms with van der Waals surface area (Å²) in [5.41, 5.74) is 2.86. The van der Waals surface area contributed by atoms with E-state index in [9.17, 15) is 19.5 Å². The summed E-state index contributed by atoms with van der Waals surface area (Å²) in [6, 6.07) is 15.9. The van der Waals surface area contributed by atoms with E-state index in [2.05, 4.69) is 27.1 Å². The number of carboxylic acid groups (broad SMARTS) is 1. The summed E-state index contributed by atoms with van der Waals surface area (Å²) in [6.07, 6.45) is 3.30. The first kappa shape index (κ1) is 31.7. The molecule has 2 unspecified atom stereocenters. The molecule has 10 heteroatoms. The minimum atomic E-state index is -1.15. The van der Waals surface area contributed by atoms with Gasteiger partial charge in [0.05, 0.1) is 13.0 Å². The monoisotopic (exact) mass is 616 g/mol. The normalized spacial score (nSPS) is 29.1. The van der Waals surface area contributed by atoms with Crippen molar-refractivity contribution in [1.29, 1.82) is 0 Å². The molecule has 4 aliphatic rings. The van der Waals surface area contributed by atoms with Crippen molar-refractivity contribution in [1.82, 2.24) is 19.6 Å². The third kappa shape index (κ3) is 6.13. The molecule has 6 rings (SSSR count). The summed E-state index contributed by atoms with van der Waals surface area (Å²) < 4.78 is -0.333. The average Bonchev–Trinajstić information content (AvgIpc) is 3.20. The summed E-state index contributed by atoms with van der Waals surface area (Å²) in [4.78, 5) is 49.1. The Kier molecular flexibility index (Phi) is 9.29. The molecule has 1 N–H and O–H groups in total. The van der Waals surface area contributed by atoms with Crippen LogP contribution < -0.4 is 10.4 Å². The van der Waals surface area contributed by atoms with E-state index in [1.54, 1.807) is 0 Å². The molecule has 0 aromatic heterocycles. The van der Waals surface area contributed by atoms with Gasteiger partial charge in [0, 0.05) is 82.0 Å². The number of nitrogens with zero attached hydrogens (tertiary/aromatic N) is 5. The van der Waals surface area contributed by atoms with E-state index < -0.39 is 11.8 Å². The van der Waals surface area contributed by atoms with Crippen LogP contribution in [0.4, 0.5) is 15.3 Å². The zero-order valence-corrected chi connectivity index (χ0v) is 26.8. The third-order valence-electron chi connectivity index (χ3n) is 11.2. The van der Waals surface area contributed by atoms with Crippen molar-refractivity contribution in [3.63, 3.8) is 0 Å². The SMILES string of the molecule is Cc1cccc(C[N@+]2(C(=O)[O-])CCC(N3CCc4ccccc4NC3=O)CC2(CC=O)N2CCC(N3CCN(C)CC3)CC2)c1. The Labute approximate surface area is 267 Å².